The van der Waals surface area contributed by atoms with E-state index in [4.69, 9.17) is 0 Å². The minimum absolute atomic E-state index is 0.0613. The number of rotatable bonds is 4. The van der Waals surface area contributed by atoms with Gasteiger partial charge in [-0.15, -0.1) is 0 Å². The van der Waals surface area contributed by atoms with Crippen molar-refractivity contribution < 1.29 is 14.3 Å². The van der Waals surface area contributed by atoms with E-state index >= 15 is 0 Å². The van der Waals surface area contributed by atoms with E-state index in [-0.39, 0.29) is 12.2 Å². The van der Waals surface area contributed by atoms with Crippen LogP contribution in [0.3, 0.4) is 0 Å². The van der Waals surface area contributed by atoms with Crippen molar-refractivity contribution >= 4 is 21.8 Å². The lowest BCUT2D eigenvalue weighted by molar-refractivity contribution is 0.0912. The molecule has 0 saturated heterocycles. The van der Waals surface area contributed by atoms with Crippen molar-refractivity contribution in [1.82, 2.24) is 5.32 Å². The lowest BCUT2D eigenvalue weighted by Gasteiger charge is -2.17. The maximum absolute atomic E-state index is 13.6. The predicted molar refractivity (Wildman–Crippen MR) is 77.8 cm³/mol. The summed E-state index contributed by atoms with van der Waals surface area (Å²) in [6.07, 6.45) is 0. The second kappa shape index (κ2) is 6.63. The number of aliphatic hydroxyl groups is 1. The topological polar surface area (TPSA) is 49.3 Å². The Morgan fingerprint density at radius 3 is 2.60 bits per heavy atom. The number of benzene rings is 2. The molecule has 0 fully saturated rings. The van der Waals surface area contributed by atoms with Gasteiger partial charge in [-0.05, 0) is 23.8 Å². The normalized spacial score (nSPS) is 11.9. The Labute approximate surface area is 124 Å². The maximum atomic E-state index is 13.6. The molecule has 0 radical (unpaired) electrons. The van der Waals surface area contributed by atoms with Gasteiger partial charge < -0.3 is 10.4 Å². The quantitative estimate of drug-likeness (QED) is 0.900. The van der Waals surface area contributed by atoms with Crippen molar-refractivity contribution in [2.45, 2.75) is 6.04 Å². The summed E-state index contributed by atoms with van der Waals surface area (Å²) in [7, 11) is 0. The van der Waals surface area contributed by atoms with E-state index in [9.17, 15) is 14.3 Å². The Balaban J connectivity index is 2.20. The van der Waals surface area contributed by atoms with Gasteiger partial charge in [-0.3, -0.25) is 4.79 Å². The van der Waals surface area contributed by atoms with Crippen molar-refractivity contribution in [3.63, 3.8) is 0 Å². The highest BCUT2D eigenvalue weighted by Gasteiger charge is 2.17. The van der Waals surface area contributed by atoms with Gasteiger partial charge in [0.25, 0.3) is 5.91 Å². The zero-order chi connectivity index (χ0) is 14.5. The predicted octanol–water partition coefficient (Wildman–Crippen LogP) is 3.05. The smallest absolute Gasteiger partial charge is 0.254 e. The van der Waals surface area contributed by atoms with E-state index in [0.29, 0.717) is 4.47 Å². The van der Waals surface area contributed by atoms with Gasteiger partial charge in [0.1, 0.15) is 5.82 Å². The van der Waals surface area contributed by atoms with Gasteiger partial charge in [0.05, 0.1) is 18.2 Å². The lowest BCUT2D eigenvalue weighted by atomic mass is 10.1. The SMILES string of the molecule is O=C(N[C@H](CO)c1ccccc1)c1cc(Br)ccc1F. The van der Waals surface area contributed by atoms with E-state index in [1.807, 2.05) is 18.2 Å². The van der Waals surface area contributed by atoms with Crippen LogP contribution in [0.5, 0.6) is 0 Å². The van der Waals surface area contributed by atoms with Crippen molar-refractivity contribution in [2.24, 2.45) is 0 Å². The van der Waals surface area contributed by atoms with Gasteiger partial charge in [0.2, 0.25) is 0 Å². The van der Waals surface area contributed by atoms with E-state index < -0.39 is 17.8 Å². The highest BCUT2D eigenvalue weighted by molar-refractivity contribution is 9.10. The van der Waals surface area contributed by atoms with Crippen LogP contribution in [0.15, 0.2) is 53.0 Å². The summed E-state index contributed by atoms with van der Waals surface area (Å²) in [5.41, 5.74) is 0.701. The average molecular weight is 338 g/mol. The summed E-state index contributed by atoms with van der Waals surface area (Å²) >= 11 is 3.20. The van der Waals surface area contributed by atoms with Crippen LogP contribution in [-0.2, 0) is 0 Å². The molecule has 1 atom stereocenters. The maximum Gasteiger partial charge on any atom is 0.254 e. The third kappa shape index (κ3) is 3.43. The van der Waals surface area contributed by atoms with Crippen LogP contribution in [0, 0.1) is 5.82 Å². The average Bonchev–Trinajstić information content (AvgIpc) is 2.48. The van der Waals surface area contributed by atoms with Crippen molar-refractivity contribution in [2.75, 3.05) is 6.61 Å². The Hall–Kier alpha value is -1.72. The summed E-state index contributed by atoms with van der Waals surface area (Å²) in [6.45, 7) is -0.259. The fraction of sp³-hybridized carbons (Fsp3) is 0.133. The fourth-order valence-electron chi connectivity index (χ4n) is 1.83. The second-order valence-electron chi connectivity index (χ2n) is 4.24. The van der Waals surface area contributed by atoms with Gasteiger partial charge in [-0.25, -0.2) is 4.39 Å². The summed E-state index contributed by atoms with van der Waals surface area (Å²) in [4.78, 5) is 12.1. The molecule has 0 bridgehead atoms. The number of nitrogens with one attached hydrogen (secondary N) is 1. The third-order valence-corrected chi connectivity index (χ3v) is 3.36. The van der Waals surface area contributed by atoms with Crippen LogP contribution in [0.2, 0.25) is 0 Å². The van der Waals surface area contributed by atoms with E-state index in [1.165, 1.54) is 18.2 Å². The molecule has 0 aliphatic heterocycles. The molecule has 0 saturated carbocycles. The zero-order valence-electron chi connectivity index (χ0n) is 10.5. The molecule has 2 aromatic rings. The molecule has 0 spiro atoms. The molecule has 104 valence electrons. The number of carbonyl (C=O) groups is 1. The monoisotopic (exact) mass is 337 g/mol. The molecule has 0 aliphatic rings. The molecule has 2 aromatic carbocycles. The zero-order valence-corrected chi connectivity index (χ0v) is 12.1. The van der Waals surface area contributed by atoms with Gasteiger partial charge in [-0.1, -0.05) is 46.3 Å². The number of hydrogen-bond acceptors (Lipinski definition) is 2. The molecule has 2 N–H and O–H groups in total. The van der Waals surface area contributed by atoms with Crippen LogP contribution < -0.4 is 5.32 Å². The van der Waals surface area contributed by atoms with Crippen LogP contribution in [0.1, 0.15) is 22.0 Å². The van der Waals surface area contributed by atoms with Crippen LogP contribution in [0.4, 0.5) is 4.39 Å². The molecule has 5 heteroatoms. The Morgan fingerprint density at radius 2 is 1.95 bits per heavy atom. The number of hydrogen-bond donors (Lipinski definition) is 2. The van der Waals surface area contributed by atoms with E-state index in [0.717, 1.165) is 5.56 Å². The number of aliphatic hydroxyl groups excluding tert-OH is 1. The first-order chi connectivity index (χ1) is 9.61. The summed E-state index contributed by atoms with van der Waals surface area (Å²) in [5, 5.41) is 12.0. The fourth-order valence-corrected chi connectivity index (χ4v) is 2.19. The third-order valence-electron chi connectivity index (χ3n) is 2.86. The number of halogens is 2. The minimum atomic E-state index is -0.601. The van der Waals surface area contributed by atoms with E-state index in [1.54, 1.807) is 12.1 Å². The summed E-state index contributed by atoms with van der Waals surface area (Å²) in [5.74, 6) is -1.16. The molecule has 0 aliphatic carbocycles. The first kappa shape index (κ1) is 14.7. The first-order valence-corrected chi connectivity index (χ1v) is 6.83. The molecule has 0 heterocycles. The van der Waals surface area contributed by atoms with E-state index in [2.05, 4.69) is 21.2 Å². The molecule has 3 nitrogen and oxygen atoms in total. The highest BCUT2D eigenvalue weighted by Crippen LogP contribution is 2.17. The van der Waals surface area contributed by atoms with Gasteiger partial charge in [0, 0.05) is 4.47 Å². The van der Waals surface area contributed by atoms with Gasteiger partial charge in [0.15, 0.2) is 0 Å². The molecule has 20 heavy (non-hydrogen) atoms. The van der Waals surface area contributed by atoms with Gasteiger partial charge in [-0.2, -0.15) is 0 Å². The Kier molecular flexibility index (Phi) is 4.87. The molecule has 2 rings (SSSR count). The van der Waals surface area contributed by atoms with Crippen LogP contribution in [-0.4, -0.2) is 17.6 Å². The molecular weight excluding hydrogens is 325 g/mol. The standard InChI is InChI=1S/C15H13BrFNO2/c16-11-6-7-13(17)12(8-11)15(20)18-14(9-19)10-4-2-1-3-5-10/h1-8,14,19H,9H2,(H,18,20)/t14-/m1/s1. The second-order valence-corrected chi connectivity index (χ2v) is 5.16. The Morgan fingerprint density at radius 1 is 1.25 bits per heavy atom. The molecular formula is C15H13BrFNO2. The summed E-state index contributed by atoms with van der Waals surface area (Å²) < 4.78 is 14.2. The van der Waals surface area contributed by atoms with Crippen LogP contribution in [0.25, 0.3) is 0 Å². The molecule has 1 amide bonds. The van der Waals surface area contributed by atoms with Crippen molar-refractivity contribution in [3.05, 3.63) is 69.9 Å². The Bertz CT molecular complexity index is 604. The van der Waals surface area contributed by atoms with Crippen molar-refractivity contribution in [1.29, 1.82) is 0 Å². The number of carbonyl (C=O) groups excluding carboxylic acids is 1. The largest absolute Gasteiger partial charge is 0.394 e. The summed E-state index contributed by atoms with van der Waals surface area (Å²) in [6, 6.07) is 12.6. The first-order valence-electron chi connectivity index (χ1n) is 6.03. The molecule has 0 aromatic heterocycles. The molecule has 0 unspecified atom stereocenters. The van der Waals surface area contributed by atoms with Gasteiger partial charge >= 0.3 is 0 Å². The lowest BCUT2D eigenvalue weighted by Crippen LogP contribution is -2.31. The van der Waals surface area contributed by atoms with Crippen LogP contribution >= 0.6 is 15.9 Å². The highest BCUT2D eigenvalue weighted by atomic mass is 79.9. The van der Waals surface area contributed by atoms with Crippen molar-refractivity contribution in [3.8, 4) is 0 Å². The minimum Gasteiger partial charge on any atom is -0.394 e. The number of amides is 1.